The molecule has 0 spiro atoms. The minimum absolute atomic E-state index is 0.0518. The van der Waals surface area contributed by atoms with Gasteiger partial charge < -0.3 is 10.3 Å². The molecule has 0 saturated heterocycles. The smallest absolute Gasteiger partial charge is 0.140 e. The number of nitriles is 1. The van der Waals surface area contributed by atoms with Crippen LogP contribution in [0.3, 0.4) is 0 Å². The standard InChI is InChI=1S/C16H13FN4/c17-15-4-3-11(6-12(15)7-18)9-21-10-13(8-19)14-2-1-5-20-16(14)21/h1-6,10H,8-9,19H2. The van der Waals surface area contributed by atoms with Crippen molar-refractivity contribution in [3.8, 4) is 6.07 Å². The van der Waals surface area contributed by atoms with Crippen LogP contribution in [-0.4, -0.2) is 9.55 Å². The first-order chi connectivity index (χ1) is 10.2. The van der Waals surface area contributed by atoms with Gasteiger partial charge in [-0.2, -0.15) is 5.26 Å². The lowest BCUT2D eigenvalue weighted by molar-refractivity contribution is 0.622. The molecule has 3 aromatic rings. The Morgan fingerprint density at radius 2 is 2.19 bits per heavy atom. The molecule has 0 saturated carbocycles. The van der Waals surface area contributed by atoms with Crippen LogP contribution >= 0.6 is 0 Å². The van der Waals surface area contributed by atoms with E-state index in [2.05, 4.69) is 4.98 Å². The summed E-state index contributed by atoms with van der Waals surface area (Å²) in [7, 11) is 0. The predicted molar refractivity (Wildman–Crippen MR) is 77.8 cm³/mol. The van der Waals surface area contributed by atoms with Crippen LogP contribution in [0.1, 0.15) is 16.7 Å². The Bertz CT molecular complexity index is 845. The van der Waals surface area contributed by atoms with Gasteiger partial charge in [0.1, 0.15) is 17.5 Å². The molecule has 0 aliphatic carbocycles. The molecule has 0 fully saturated rings. The number of nitrogens with two attached hydrogens (primary N) is 1. The van der Waals surface area contributed by atoms with E-state index < -0.39 is 5.82 Å². The summed E-state index contributed by atoms with van der Waals surface area (Å²) in [5.41, 5.74) is 8.50. The van der Waals surface area contributed by atoms with Gasteiger partial charge in [-0.25, -0.2) is 9.37 Å². The highest BCUT2D eigenvalue weighted by Crippen LogP contribution is 2.20. The summed E-state index contributed by atoms with van der Waals surface area (Å²) < 4.78 is 15.3. The zero-order valence-electron chi connectivity index (χ0n) is 11.3. The average Bonchev–Trinajstić information content (AvgIpc) is 2.87. The highest BCUT2D eigenvalue weighted by atomic mass is 19.1. The topological polar surface area (TPSA) is 67.6 Å². The molecule has 5 heteroatoms. The van der Waals surface area contributed by atoms with E-state index in [-0.39, 0.29) is 5.56 Å². The summed E-state index contributed by atoms with van der Waals surface area (Å²) in [5, 5.41) is 9.91. The van der Waals surface area contributed by atoms with Crippen LogP contribution in [0.5, 0.6) is 0 Å². The van der Waals surface area contributed by atoms with Crippen molar-refractivity contribution in [1.82, 2.24) is 9.55 Å². The van der Waals surface area contributed by atoms with Crippen molar-refractivity contribution >= 4 is 11.0 Å². The first kappa shape index (κ1) is 13.3. The molecule has 0 amide bonds. The Balaban J connectivity index is 2.04. The number of hydrogen-bond donors (Lipinski definition) is 1. The van der Waals surface area contributed by atoms with Crippen LogP contribution in [-0.2, 0) is 13.1 Å². The second-order valence-electron chi connectivity index (χ2n) is 4.79. The number of rotatable bonds is 3. The highest BCUT2D eigenvalue weighted by molar-refractivity contribution is 5.80. The molecule has 2 N–H and O–H groups in total. The monoisotopic (exact) mass is 280 g/mol. The SMILES string of the molecule is N#Cc1cc(Cn2cc(CN)c3cccnc32)ccc1F. The third-order valence-electron chi connectivity index (χ3n) is 3.44. The molecular weight excluding hydrogens is 267 g/mol. The number of hydrogen-bond acceptors (Lipinski definition) is 3. The van der Waals surface area contributed by atoms with Crippen molar-refractivity contribution in [1.29, 1.82) is 5.26 Å². The fraction of sp³-hybridized carbons (Fsp3) is 0.125. The van der Waals surface area contributed by atoms with E-state index >= 15 is 0 Å². The van der Waals surface area contributed by atoms with Gasteiger partial charge in [-0.1, -0.05) is 6.07 Å². The number of halogens is 1. The Morgan fingerprint density at radius 1 is 1.33 bits per heavy atom. The molecule has 0 aliphatic heterocycles. The van der Waals surface area contributed by atoms with Crippen molar-refractivity contribution in [3.63, 3.8) is 0 Å². The van der Waals surface area contributed by atoms with E-state index in [9.17, 15) is 4.39 Å². The fourth-order valence-corrected chi connectivity index (χ4v) is 2.43. The molecule has 3 rings (SSSR count). The van der Waals surface area contributed by atoms with Crippen LogP contribution in [0.4, 0.5) is 4.39 Å². The summed E-state index contributed by atoms with van der Waals surface area (Å²) in [5.74, 6) is -0.501. The number of aromatic nitrogens is 2. The lowest BCUT2D eigenvalue weighted by Gasteiger charge is -2.05. The van der Waals surface area contributed by atoms with E-state index in [1.807, 2.05) is 29.0 Å². The van der Waals surface area contributed by atoms with Crippen LogP contribution in [0, 0.1) is 17.1 Å². The van der Waals surface area contributed by atoms with Gasteiger partial charge in [0.05, 0.1) is 5.56 Å². The van der Waals surface area contributed by atoms with Gasteiger partial charge in [-0.15, -0.1) is 0 Å². The summed E-state index contributed by atoms with van der Waals surface area (Å²) in [6.07, 6.45) is 3.68. The number of nitrogens with zero attached hydrogens (tertiary/aromatic N) is 3. The largest absolute Gasteiger partial charge is 0.328 e. The van der Waals surface area contributed by atoms with Crippen LogP contribution < -0.4 is 5.73 Å². The highest BCUT2D eigenvalue weighted by Gasteiger charge is 2.09. The van der Waals surface area contributed by atoms with Gasteiger partial charge in [0.2, 0.25) is 0 Å². The number of fused-ring (bicyclic) bond motifs is 1. The summed E-state index contributed by atoms with van der Waals surface area (Å²) in [4.78, 5) is 4.37. The summed E-state index contributed by atoms with van der Waals surface area (Å²) >= 11 is 0. The van der Waals surface area contributed by atoms with Crippen molar-refractivity contribution in [3.05, 3.63) is 65.2 Å². The number of benzene rings is 1. The van der Waals surface area contributed by atoms with E-state index in [0.717, 1.165) is 22.2 Å². The third kappa shape index (κ3) is 2.37. The van der Waals surface area contributed by atoms with Crippen molar-refractivity contribution in [2.45, 2.75) is 13.1 Å². The molecule has 104 valence electrons. The Hall–Kier alpha value is -2.71. The average molecular weight is 280 g/mol. The van der Waals surface area contributed by atoms with E-state index in [0.29, 0.717) is 13.1 Å². The second-order valence-corrected chi connectivity index (χ2v) is 4.79. The minimum atomic E-state index is -0.501. The zero-order valence-corrected chi connectivity index (χ0v) is 11.3. The van der Waals surface area contributed by atoms with E-state index in [1.54, 1.807) is 18.3 Å². The maximum absolute atomic E-state index is 13.4. The molecule has 0 atom stereocenters. The molecule has 0 bridgehead atoms. The van der Waals surface area contributed by atoms with Gasteiger partial charge in [0.15, 0.2) is 0 Å². The van der Waals surface area contributed by atoms with Gasteiger partial charge in [0.25, 0.3) is 0 Å². The fourth-order valence-electron chi connectivity index (χ4n) is 2.43. The third-order valence-corrected chi connectivity index (χ3v) is 3.44. The van der Waals surface area contributed by atoms with E-state index in [4.69, 9.17) is 11.0 Å². The Kier molecular flexibility index (Phi) is 3.38. The van der Waals surface area contributed by atoms with Gasteiger partial charge in [-0.05, 0) is 35.4 Å². The first-order valence-electron chi connectivity index (χ1n) is 6.54. The maximum Gasteiger partial charge on any atom is 0.140 e. The van der Waals surface area contributed by atoms with Crippen molar-refractivity contribution in [2.24, 2.45) is 5.73 Å². The van der Waals surface area contributed by atoms with Crippen molar-refractivity contribution in [2.75, 3.05) is 0 Å². The molecule has 4 nitrogen and oxygen atoms in total. The van der Waals surface area contributed by atoms with Gasteiger partial charge in [0, 0.05) is 30.9 Å². The maximum atomic E-state index is 13.4. The molecule has 0 radical (unpaired) electrons. The first-order valence-corrected chi connectivity index (χ1v) is 6.54. The Morgan fingerprint density at radius 3 is 2.95 bits per heavy atom. The van der Waals surface area contributed by atoms with Crippen LogP contribution in [0.2, 0.25) is 0 Å². The molecule has 0 aliphatic rings. The lowest BCUT2D eigenvalue weighted by Crippen LogP contribution is -2.00. The second kappa shape index (κ2) is 5.35. The van der Waals surface area contributed by atoms with Crippen LogP contribution in [0.15, 0.2) is 42.7 Å². The summed E-state index contributed by atoms with van der Waals surface area (Å²) in [6, 6.07) is 10.3. The van der Waals surface area contributed by atoms with Gasteiger partial charge in [-0.3, -0.25) is 0 Å². The van der Waals surface area contributed by atoms with Crippen LogP contribution in [0.25, 0.3) is 11.0 Å². The van der Waals surface area contributed by atoms with E-state index in [1.165, 1.54) is 6.07 Å². The molecule has 2 aromatic heterocycles. The van der Waals surface area contributed by atoms with Crippen molar-refractivity contribution < 1.29 is 4.39 Å². The molecule has 2 heterocycles. The molecule has 1 aromatic carbocycles. The predicted octanol–water partition coefficient (Wildman–Crippen LogP) is 2.55. The number of pyridine rings is 1. The molecule has 21 heavy (non-hydrogen) atoms. The lowest BCUT2D eigenvalue weighted by atomic mass is 10.1. The normalized spacial score (nSPS) is 10.7. The quantitative estimate of drug-likeness (QED) is 0.801. The van der Waals surface area contributed by atoms with Gasteiger partial charge >= 0.3 is 0 Å². The molecule has 0 unspecified atom stereocenters. The zero-order chi connectivity index (χ0) is 14.8. The Labute approximate surface area is 121 Å². The minimum Gasteiger partial charge on any atom is -0.328 e. The summed E-state index contributed by atoms with van der Waals surface area (Å²) in [6.45, 7) is 0.949. The molecular formula is C16H13FN4.